The number of ether oxygens (including phenoxy) is 3. The van der Waals surface area contributed by atoms with Gasteiger partial charge in [-0.3, -0.25) is 24.7 Å². The number of nitrogens with one attached hydrogen (secondary N) is 2. The van der Waals surface area contributed by atoms with E-state index in [0.29, 0.717) is 55.1 Å². The minimum atomic E-state index is -4.68. The number of aromatic amines is 1. The molecule has 1 atom stereocenters. The molecule has 1 amide bonds. The number of fused-ring (bicyclic) bond motifs is 1. The van der Waals surface area contributed by atoms with Gasteiger partial charge in [-0.15, -0.1) is 0 Å². The Balaban J connectivity index is 0.976. The van der Waals surface area contributed by atoms with E-state index in [4.69, 9.17) is 25.8 Å². The number of benzene rings is 3. The van der Waals surface area contributed by atoms with E-state index in [1.807, 2.05) is 18.2 Å². The molecule has 0 bridgehead atoms. The molecule has 3 aliphatic heterocycles. The van der Waals surface area contributed by atoms with Crippen LogP contribution in [-0.4, -0.2) is 110 Å². The summed E-state index contributed by atoms with van der Waals surface area (Å²) in [6, 6.07) is 19.5. The number of pyridine rings is 1. The third-order valence-corrected chi connectivity index (χ3v) is 13.8. The van der Waals surface area contributed by atoms with E-state index in [9.17, 15) is 23.3 Å². The number of aromatic nitrogens is 2. The second kappa shape index (κ2) is 19.5. The summed E-state index contributed by atoms with van der Waals surface area (Å²) in [6.07, 6.45) is 5.38. The number of rotatable bonds is 16. The van der Waals surface area contributed by atoms with Gasteiger partial charge in [0, 0.05) is 86.7 Å². The summed E-state index contributed by atoms with van der Waals surface area (Å²) >= 11 is 6.20. The van der Waals surface area contributed by atoms with E-state index in [1.165, 1.54) is 29.0 Å². The number of piperidine rings is 1. The van der Waals surface area contributed by atoms with Crippen LogP contribution in [0.2, 0.25) is 5.02 Å². The Morgan fingerprint density at radius 1 is 1.03 bits per heavy atom. The number of halogens is 2. The van der Waals surface area contributed by atoms with Crippen molar-refractivity contribution in [3.8, 4) is 17.2 Å². The lowest BCUT2D eigenvalue weighted by atomic mass is 9.92. The van der Waals surface area contributed by atoms with Crippen molar-refractivity contribution in [1.29, 1.82) is 0 Å². The molecule has 1 unspecified atom stereocenters. The summed E-state index contributed by atoms with van der Waals surface area (Å²) in [5.74, 6) is -0.437. The van der Waals surface area contributed by atoms with E-state index in [2.05, 4.69) is 62.3 Å². The van der Waals surface area contributed by atoms with Crippen molar-refractivity contribution < 1.29 is 36.7 Å². The molecule has 2 aromatic heterocycles. The summed E-state index contributed by atoms with van der Waals surface area (Å²) in [5.41, 5.74) is 2.69. The van der Waals surface area contributed by atoms with Crippen molar-refractivity contribution in [3.63, 3.8) is 0 Å². The number of alkyl halides is 1. The first-order chi connectivity index (χ1) is 31.1. The minimum absolute atomic E-state index is 0.00675. The van der Waals surface area contributed by atoms with Crippen molar-refractivity contribution in [2.45, 2.75) is 63.2 Å². The van der Waals surface area contributed by atoms with Gasteiger partial charge in [-0.05, 0) is 91.8 Å². The molecule has 0 saturated carbocycles. The molecule has 344 valence electrons. The zero-order valence-corrected chi connectivity index (χ0v) is 38.2. The van der Waals surface area contributed by atoms with Crippen LogP contribution in [-0.2, 0) is 14.8 Å². The number of nitrogens with zero attached hydrogens (tertiary/aromatic N) is 5. The number of hydrogen-bond donors (Lipinski definition) is 2. The van der Waals surface area contributed by atoms with Crippen LogP contribution in [0.3, 0.4) is 0 Å². The van der Waals surface area contributed by atoms with Crippen molar-refractivity contribution in [1.82, 2.24) is 24.5 Å². The summed E-state index contributed by atoms with van der Waals surface area (Å²) in [4.78, 5) is 38.8. The number of allylic oxidation sites excluding steroid dienone is 1. The summed E-state index contributed by atoms with van der Waals surface area (Å²) < 4.78 is 62.7. The molecule has 0 radical (unpaired) electrons. The lowest BCUT2D eigenvalue weighted by molar-refractivity contribution is -0.386. The van der Waals surface area contributed by atoms with Gasteiger partial charge >= 0.3 is 5.69 Å². The molecule has 2 N–H and O–H groups in total. The highest BCUT2D eigenvalue weighted by atomic mass is 35.5. The fraction of sp³-hybridized carbons (Fsp3) is 0.404. The van der Waals surface area contributed by atoms with Gasteiger partial charge in [-0.25, -0.2) is 22.5 Å². The fourth-order valence-electron chi connectivity index (χ4n) is 8.52. The first-order valence-electron chi connectivity index (χ1n) is 21.8. The molecule has 3 fully saturated rings. The average molecular weight is 930 g/mol. The first kappa shape index (κ1) is 46.0. The van der Waals surface area contributed by atoms with Gasteiger partial charge in [-0.1, -0.05) is 43.2 Å². The number of likely N-dealkylation sites (tertiary alicyclic amines) is 1. The number of carbonyl (C=O) groups is 1. The van der Waals surface area contributed by atoms with Gasteiger partial charge in [-0.2, -0.15) is 0 Å². The second-order valence-electron chi connectivity index (χ2n) is 17.4. The largest absolute Gasteiger partial charge is 0.483 e. The monoisotopic (exact) mass is 929 g/mol. The normalized spacial score (nSPS) is 18.6. The molecular formula is C47H53ClFN7O8S. The quantitative estimate of drug-likeness (QED) is 0.0714. The molecule has 8 rings (SSSR count). The van der Waals surface area contributed by atoms with Gasteiger partial charge in [0.15, 0.2) is 5.75 Å². The lowest BCUT2D eigenvalue weighted by Gasteiger charge is -2.43. The number of piperazine rings is 1. The zero-order valence-electron chi connectivity index (χ0n) is 36.6. The smallest absolute Gasteiger partial charge is 0.312 e. The predicted octanol–water partition coefficient (Wildman–Crippen LogP) is 8.61. The maximum Gasteiger partial charge on any atom is 0.312 e. The van der Waals surface area contributed by atoms with Crippen LogP contribution >= 0.6 is 11.6 Å². The van der Waals surface area contributed by atoms with Crippen molar-refractivity contribution in [3.05, 3.63) is 117 Å². The number of carbonyl (C=O) groups excluding carboxylic acids is 1. The van der Waals surface area contributed by atoms with Crippen LogP contribution in [0, 0.1) is 16.0 Å². The molecular weight excluding hydrogens is 877 g/mol. The predicted molar refractivity (Wildman–Crippen MR) is 247 cm³/mol. The van der Waals surface area contributed by atoms with Crippen molar-refractivity contribution in [2.24, 2.45) is 5.92 Å². The number of anilines is 1. The number of H-pyrrole nitrogens is 1. The molecule has 3 aromatic carbocycles. The van der Waals surface area contributed by atoms with Crippen LogP contribution in [0.4, 0.5) is 15.8 Å². The molecule has 3 aliphatic rings. The minimum Gasteiger partial charge on any atom is -0.483 e. The molecule has 5 heterocycles. The topological polar surface area (TPSA) is 172 Å². The van der Waals surface area contributed by atoms with E-state index < -0.39 is 43.7 Å². The van der Waals surface area contributed by atoms with Gasteiger partial charge in [0.25, 0.3) is 15.9 Å². The maximum atomic E-state index is 15.7. The SMILES string of the molecule is C/C(CN1CCN(c2ccc(C(=O)NS(=O)(=O)c3ccc(OCC4(F)CCN(C5CCO5)CC4)c([N+](=O)[O-])c3)c(Oc3cnc4[nH]ccc4c3)c2)CC1)=C(\CC(C)C)c1ccc(Cl)cc1. The standard InChI is InChI=1S/C47H53ClFN7O8S/c1-31(2)24-40(33-4-6-35(48)7-5-33)32(3)29-53-19-21-54(22-20-53)36-8-10-39(43(26-36)64-37-25-34-12-16-50-45(34)51-28-37)46(57)52-65(60,61)38-9-11-42(41(27-38)56(58)59)63-30-47(49)14-17-55(18-15-47)44-13-23-62-44/h4-12,16,25-28,31,44H,13-15,17-24,29-30H2,1-3H3,(H,50,51)(H,52,57)/b40-32-. The number of sulfonamides is 1. The molecule has 3 saturated heterocycles. The van der Waals surface area contributed by atoms with Crippen LogP contribution in [0.25, 0.3) is 16.6 Å². The molecule has 65 heavy (non-hydrogen) atoms. The second-order valence-corrected chi connectivity index (χ2v) is 19.5. The summed E-state index contributed by atoms with van der Waals surface area (Å²) in [6.45, 7) is 11.5. The highest BCUT2D eigenvalue weighted by Crippen LogP contribution is 2.36. The van der Waals surface area contributed by atoms with Crippen molar-refractivity contribution >= 4 is 55.5 Å². The van der Waals surface area contributed by atoms with Gasteiger partial charge in [0.2, 0.25) is 0 Å². The van der Waals surface area contributed by atoms with E-state index in [-0.39, 0.29) is 36.1 Å². The highest BCUT2D eigenvalue weighted by Gasteiger charge is 2.39. The van der Waals surface area contributed by atoms with Crippen LogP contribution < -0.4 is 19.1 Å². The molecule has 18 heteroatoms. The molecule has 0 aliphatic carbocycles. The molecule has 0 spiro atoms. The summed E-state index contributed by atoms with van der Waals surface area (Å²) in [5, 5.41) is 13.6. The Labute approximate surface area is 382 Å². The number of nitro benzene ring substituents is 1. The van der Waals surface area contributed by atoms with E-state index >= 15 is 4.39 Å². The van der Waals surface area contributed by atoms with Crippen LogP contribution in [0.1, 0.15) is 62.4 Å². The number of amides is 1. The fourth-order valence-corrected chi connectivity index (χ4v) is 9.63. The summed E-state index contributed by atoms with van der Waals surface area (Å²) in [7, 11) is -4.68. The Bertz CT molecular complexity index is 2680. The Kier molecular flexibility index (Phi) is 13.8. The third kappa shape index (κ3) is 10.9. The maximum absolute atomic E-state index is 15.7. The van der Waals surface area contributed by atoms with Gasteiger partial charge in [0.05, 0.1) is 28.2 Å². The molecule has 5 aromatic rings. The van der Waals surface area contributed by atoms with Gasteiger partial charge in [0.1, 0.15) is 35.6 Å². The lowest BCUT2D eigenvalue weighted by Crippen LogP contribution is -2.52. The van der Waals surface area contributed by atoms with E-state index in [0.717, 1.165) is 61.7 Å². The average Bonchev–Trinajstić information content (AvgIpc) is 3.73. The number of hydrogen-bond acceptors (Lipinski definition) is 12. The Morgan fingerprint density at radius 2 is 1.77 bits per heavy atom. The Hall–Kier alpha value is -5.59. The van der Waals surface area contributed by atoms with Crippen LogP contribution in [0.15, 0.2) is 95.7 Å². The number of nitro groups is 1. The van der Waals surface area contributed by atoms with Gasteiger partial charge < -0.3 is 24.1 Å². The Morgan fingerprint density at radius 3 is 2.45 bits per heavy atom. The third-order valence-electron chi connectivity index (χ3n) is 12.3. The van der Waals surface area contributed by atoms with Crippen LogP contribution in [0.5, 0.6) is 17.2 Å². The first-order valence-corrected chi connectivity index (χ1v) is 23.7. The van der Waals surface area contributed by atoms with Crippen molar-refractivity contribution in [2.75, 3.05) is 63.9 Å². The zero-order chi connectivity index (χ0) is 45.9. The molecule has 15 nitrogen and oxygen atoms in total. The van der Waals surface area contributed by atoms with E-state index in [1.54, 1.807) is 24.4 Å². The highest BCUT2D eigenvalue weighted by molar-refractivity contribution is 7.90.